The molecule has 0 aliphatic carbocycles. The summed E-state index contributed by atoms with van der Waals surface area (Å²) in [5.74, 6) is 1.39. The van der Waals surface area contributed by atoms with E-state index < -0.39 is 0 Å². The summed E-state index contributed by atoms with van der Waals surface area (Å²) in [6, 6.07) is 9.77. The van der Waals surface area contributed by atoms with Crippen LogP contribution >= 0.6 is 0 Å². The Morgan fingerprint density at radius 3 is 2.44 bits per heavy atom. The molecule has 1 heterocycles. The highest BCUT2D eigenvalue weighted by Gasteiger charge is 2.03. The first kappa shape index (κ1) is 12.6. The molecule has 0 amide bonds. The van der Waals surface area contributed by atoms with E-state index in [0.717, 1.165) is 11.3 Å². The van der Waals surface area contributed by atoms with Gasteiger partial charge in [-0.25, -0.2) is 4.98 Å². The number of nitrogens with two attached hydrogens (primary N) is 1. The largest absolute Gasteiger partial charge is 0.439 e. The van der Waals surface area contributed by atoms with Crippen LogP contribution in [0.3, 0.4) is 0 Å². The van der Waals surface area contributed by atoms with Crippen LogP contribution in [0.15, 0.2) is 36.5 Å². The van der Waals surface area contributed by atoms with Crippen LogP contribution in [-0.4, -0.2) is 4.98 Å². The smallest absolute Gasteiger partial charge is 0.219 e. The number of ether oxygens (including phenoxy) is 1. The first-order valence-electron chi connectivity index (χ1n) is 6.03. The molecule has 0 fully saturated rings. The average Bonchev–Trinajstić information content (AvgIpc) is 2.34. The van der Waals surface area contributed by atoms with Gasteiger partial charge in [-0.15, -0.1) is 0 Å². The minimum absolute atomic E-state index is 0.00632. The number of aromatic nitrogens is 1. The SMILES string of the molecule is Cc1ccc(Oc2ccc(C(C)N)cn2)cc1C. The van der Waals surface area contributed by atoms with Crippen LogP contribution in [0.5, 0.6) is 11.6 Å². The summed E-state index contributed by atoms with van der Waals surface area (Å²) in [5, 5.41) is 0. The maximum Gasteiger partial charge on any atom is 0.219 e. The first-order chi connectivity index (χ1) is 8.56. The molecule has 0 saturated carbocycles. The summed E-state index contributed by atoms with van der Waals surface area (Å²) in [7, 11) is 0. The fraction of sp³-hybridized carbons (Fsp3) is 0.267. The molecule has 2 aromatic rings. The molecule has 0 aliphatic rings. The average molecular weight is 242 g/mol. The number of pyridine rings is 1. The second-order valence-corrected chi connectivity index (χ2v) is 4.57. The molecular weight excluding hydrogens is 224 g/mol. The van der Waals surface area contributed by atoms with E-state index in [2.05, 4.69) is 18.8 Å². The van der Waals surface area contributed by atoms with Crippen LogP contribution in [0.4, 0.5) is 0 Å². The van der Waals surface area contributed by atoms with Gasteiger partial charge in [-0.3, -0.25) is 0 Å². The lowest BCUT2D eigenvalue weighted by Crippen LogP contribution is -2.05. The molecule has 18 heavy (non-hydrogen) atoms. The predicted octanol–water partition coefficient (Wildman–Crippen LogP) is 3.51. The summed E-state index contributed by atoms with van der Waals surface area (Å²) in [5.41, 5.74) is 9.23. The van der Waals surface area contributed by atoms with Gasteiger partial charge < -0.3 is 10.5 Å². The van der Waals surface area contributed by atoms with E-state index >= 15 is 0 Å². The quantitative estimate of drug-likeness (QED) is 0.896. The van der Waals surface area contributed by atoms with Crippen molar-refractivity contribution in [1.82, 2.24) is 4.98 Å². The summed E-state index contributed by atoms with van der Waals surface area (Å²) < 4.78 is 5.70. The van der Waals surface area contributed by atoms with Crippen LogP contribution < -0.4 is 10.5 Å². The zero-order chi connectivity index (χ0) is 13.1. The molecule has 94 valence electrons. The van der Waals surface area contributed by atoms with Gasteiger partial charge in [-0.1, -0.05) is 12.1 Å². The lowest BCUT2D eigenvalue weighted by molar-refractivity contribution is 0.461. The Morgan fingerprint density at radius 1 is 1.11 bits per heavy atom. The number of benzene rings is 1. The van der Waals surface area contributed by atoms with Crippen LogP contribution in [0.25, 0.3) is 0 Å². The Morgan fingerprint density at radius 2 is 1.89 bits per heavy atom. The Kier molecular flexibility index (Phi) is 3.63. The number of hydrogen-bond acceptors (Lipinski definition) is 3. The van der Waals surface area contributed by atoms with Crippen LogP contribution in [0.1, 0.15) is 29.7 Å². The maximum atomic E-state index is 5.77. The number of rotatable bonds is 3. The second kappa shape index (κ2) is 5.19. The van der Waals surface area contributed by atoms with Crippen LogP contribution in [0, 0.1) is 13.8 Å². The Labute approximate surface area is 108 Å². The lowest BCUT2D eigenvalue weighted by atomic mass is 10.1. The third-order valence-corrected chi connectivity index (χ3v) is 2.99. The molecule has 0 aliphatic heterocycles. The van der Waals surface area contributed by atoms with Gasteiger partial charge in [0.05, 0.1) is 0 Å². The molecule has 1 unspecified atom stereocenters. The lowest BCUT2D eigenvalue weighted by Gasteiger charge is -2.09. The third-order valence-electron chi connectivity index (χ3n) is 2.99. The van der Waals surface area contributed by atoms with E-state index in [1.54, 1.807) is 6.20 Å². The van der Waals surface area contributed by atoms with Gasteiger partial charge in [0.15, 0.2) is 0 Å². The zero-order valence-corrected chi connectivity index (χ0v) is 11.0. The van der Waals surface area contributed by atoms with E-state index in [-0.39, 0.29) is 6.04 Å². The third kappa shape index (κ3) is 2.87. The minimum Gasteiger partial charge on any atom is -0.439 e. The molecule has 0 bridgehead atoms. The highest BCUT2D eigenvalue weighted by molar-refractivity contribution is 5.36. The van der Waals surface area contributed by atoms with Gasteiger partial charge in [0, 0.05) is 18.3 Å². The Balaban J connectivity index is 2.15. The van der Waals surface area contributed by atoms with Crippen molar-refractivity contribution in [2.45, 2.75) is 26.8 Å². The normalized spacial score (nSPS) is 12.2. The summed E-state index contributed by atoms with van der Waals surface area (Å²) >= 11 is 0. The van der Waals surface area contributed by atoms with E-state index in [9.17, 15) is 0 Å². The van der Waals surface area contributed by atoms with E-state index in [1.165, 1.54) is 11.1 Å². The molecule has 2 N–H and O–H groups in total. The highest BCUT2D eigenvalue weighted by Crippen LogP contribution is 2.22. The van der Waals surface area contributed by atoms with Crippen molar-refractivity contribution in [3.63, 3.8) is 0 Å². The maximum absolute atomic E-state index is 5.77. The highest BCUT2D eigenvalue weighted by atomic mass is 16.5. The number of aryl methyl sites for hydroxylation is 2. The number of nitrogens with zero attached hydrogens (tertiary/aromatic N) is 1. The van der Waals surface area contributed by atoms with Crippen LogP contribution in [-0.2, 0) is 0 Å². The summed E-state index contributed by atoms with van der Waals surface area (Å²) in [6.07, 6.45) is 1.75. The molecule has 3 nitrogen and oxygen atoms in total. The molecule has 1 aromatic heterocycles. The monoisotopic (exact) mass is 242 g/mol. The molecular formula is C15H18N2O. The Bertz CT molecular complexity index is 533. The predicted molar refractivity (Wildman–Crippen MR) is 72.8 cm³/mol. The van der Waals surface area contributed by atoms with Crippen molar-refractivity contribution in [2.75, 3.05) is 0 Å². The van der Waals surface area contributed by atoms with E-state index in [0.29, 0.717) is 5.88 Å². The van der Waals surface area contributed by atoms with Crippen LogP contribution in [0.2, 0.25) is 0 Å². The van der Waals surface area contributed by atoms with Gasteiger partial charge in [-0.2, -0.15) is 0 Å². The molecule has 1 aromatic carbocycles. The van der Waals surface area contributed by atoms with Crippen molar-refractivity contribution >= 4 is 0 Å². The summed E-state index contributed by atoms with van der Waals surface area (Å²) in [4.78, 5) is 4.25. The Hall–Kier alpha value is -1.87. The minimum atomic E-state index is -0.00632. The van der Waals surface area contributed by atoms with Crippen molar-refractivity contribution < 1.29 is 4.74 Å². The fourth-order valence-corrected chi connectivity index (χ4v) is 1.62. The molecule has 1 atom stereocenters. The van der Waals surface area contributed by atoms with Gasteiger partial charge in [-0.05, 0) is 49.6 Å². The van der Waals surface area contributed by atoms with Crippen molar-refractivity contribution in [1.29, 1.82) is 0 Å². The van der Waals surface area contributed by atoms with Crippen molar-refractivity contribution in [2.24, 2.45) is 5.73 Å². The van der Waals surface area contributed by atoms with Gasteiger partial charge in [0.1, 0.15) is 5.75 Å². The molecule has 2 rings (SSSR count). The molecule has 3 heteroatoms. The van der Waals surface area contributed by atoms with Crippen molar-refractivity contribution in [3.8, 4) is 11.6 Å². The number of hydrogen-bond donors (Lipinski definition) is 1. The standard InChI is InChI=1S/C15H18N2O/c1-10-4-6-14(8-11(10)2)18-15-7-5-13(9-17-15)12(3)16/h4-9,12H,16H2,1-3H3. The molecule has 0 spiro atoms. The summed E-state index contributed by atoms with van der Waals surface area (Å²) in [6.45, 7) is 6.07. The first-order valence-corrected chi connectivity index (χ1v) is 6.03. The van der Waals surface area contributed by atoms with Gasteiger partial charge >= 0.3 is 0 Å². The van der Waals surface area contributed by atoms with Gasteiger partial charge in [0.2, 0.25) is 5.88 Å². The van der Waals surface area contributed by atoms with Crippen molar-refractivity contribution in [3.05, 3.63) is 53.2 Å². The van der Waals surface area contributed by atoms with E-state index in [4.69, 9.17) is 10.5 Å². The zero-order valence-electron chi connectivity index (χ0n) is 11.0. The second-order valence-electron chi connectivity index (χ2n) is 4.57. The van der Waals surface area contributed by atoms with E-state index in [1.807, 2.05) is 37.3 Å². The molecule has 0 saturated heterocycles. The topological polar surface area (TPSA) is 48.1 Å². The molecule has 0 radical (unpaired) electrons. The van der Waals surface area contributed by atoms with Gasteiger partial charge in [0.25, 0.3) is 0 Å². The fourth-order valence-electron chi connectivity index (χ4n) is 1.62.